The summed E-state index contributed by atoms with van der Waals surface area (Å²) < 4.78 is 5.34. The lowest BCUT2D eigenvalue weighted by atomic mass is 10.1. The van der Waals surface area contributed by atoms with Crippen molar-refractivity contribution in [1.82, 2.24) is 4.90 Å². The Bertz CT molecular complexity index is 476. The van der Waals surface area contributed by atoms with Crippen LogP contribution in [0.4, 0.5) is 0 Å². The van der Waals surface area contributed by atoms with Gasteiger partial charge in [0.15, 0.2) is 5.96 Å². The van der Waals surface area contributed by atoms with E-state index in [0.29, 0.717) is 5.96 Å². The van der Waals surface area contributed by atoms with Crippen molar-refractivity contribution >= 4 is 41.7 Å². The molecule has 1 aliphatic heterocycles. The van der Waals surface area contributed by atoms with E-state index >= 15 is 0 Å². The summed E-state index contributed by atoms with van der Waals surface area (Å²) in [6.07, 6.45) is 0.889. The molecule has 0 aromatic heterocycles. The highest BCUT2D eigenvalue weighted by molar-refractivity contribution is 14.0. The number of hydrogen-bond acceptors (Lipinski definition) is 3. The molecule has 0 saturated carbocycles. The van der Waals surface area contributed by atoms with Crippen LogP contribution >= 0.6 is 35.7 Å². The lowest BCUT2D eigenvalue weighted by Crippen LogP contribution is -2.42. The van der Waals surface area contributed by atoms with Crippen LogP contribution in [0.1, 0.15) is 11.1 Å². The Morgan fingerprint density at radius 3 is 2.76 bits per heavy atom. The molecule has 0 radical (unpaired) electrons. The average molecular weight is 421 g/mol. The average Bonchev–Trinajstić information content (AvgIpc) is 2.49. The quantitative estimate of drug-likeness (QED) is 0.461. The van der Waals surface area contributed by atoms with Crippen LogP contribution in [0.3, 0.4) is 0 Å². The summed E-state index contributed by atoms with van der Waals surface area (Å²) in [5, 5.41) is 0. The molecule has 1 fully saturated rings. The first-order valence-corrected chi connectivity index (χ1v) is 8.12. The Morgan fingerprint density at radius 1 is 1.38 bits per heavy atom. The number of nitrogens with two attached hydrogens (primary N) is 1. The third-order valence-electron chi connectivity index (χ3n) is 3.48. The molecule has 0 atom stereocenters. The van der Waals surface area contributed by atoms with Crippen molar-refractivity contribution in [2.24, 2.45) is 10.7 Å². The van der Waals surface area contributed by atoms with Crippen molar-refractivity contribution in [3.05, 3.63) is 29.3 Å². The van der Waals surface area contributed by atoms with E-state index in [1.54, 1.807) is 7.11 Å². The summed E-state index contributed by atoms with van der Waals surface area (Å²) in [6.45, 7) is 4.80. The van der Waals surface area contributed by atoms with Crippen molar-refractivity contribution in [1.29, 1.82) is 0 Å². The van der Waals surface area contributed by atoms with Crippen molar-refractivity contribution in [3.8, 4) is 5.75 Å². The van der Waals surface area contributed by atoms with E-state index in [-0.39, 0.29) is 24.0 Å². The molecule has 4 nitrogen and oxygen atoms in total. The molecule has 1 aromatic carbocycles. The van der Waals surface area contributed by atoms with E-state index in [9.17, 15) is 0 Å². The van der Waals surface area contributed by atoms with Crippen LogP contribution in [0, 0.1) is 6.92 Å². The molecule has 0 spiro atoms. The molecule has 21 heavy (non-hydrogen) atoms. The number of guanidine groups is 1. The summed E-state index contributed by atoms with van der Waals surface area (Å²) in [6, 6.07) is 6.29. The van der Waals surface area contributed by atoms with E-state index < -0.39 is 0 Å². The topological polar surface area (TPSA) is 50.9 Å². The minimum atomic E-state index is 0. The molecule has 0 amide bonds. The van der Waals surface area contributed by atoms with Gasteiger partial charge in [-0.15, -0.1) is 24.0 Å². The first-order chi connectivity index (χ1) is 9.70. The molecule has 0 bridgehead atoms. The fraction of sp³-hybridized carbons (Fsp3) is 0.533. The third-order valence-corrected chi connectivity index (χ3v) is 4.42. The second-order valence-electron chi connectivity index (χ2n) is 4.89. The molecule has 2 rings (SSSR count). The number of halogens is 1. The highest BCUT2D eigenvalue weighted by atomic mass is 127. The SMILES string of the molecule is COc1cc(CCN=C(N)N2CCSCC2)ccc1C.I. The lowest BCUT2D eigenvalue weighted by Gasteiger charge is -2.27. The smallest absolute Gasteiger partial charge is 0.191 e. The van der Waals surface area contributed by atoms with E-state index in [1.165, 1.54) is 5.56 Å². The van der Waals surface area contributed by atoms with Gasteiger partial charge in [0.2, 0.25) is 0 Å². The molecule has 1 saturated heterocycles. The number of aliphatic imine (C=N–C) groups is 1. The van der Waals surface area contributed by atoms with Gasteiger partial charge in [-0.25, -0.2) is 0 Å². The van der Waals surface area contributed by atoms with Crippen molar-refractivity contribution in [3.63, 3.8) is 0 Å². The molecule has 6 heteroatoms. The predicted molar refractivity (Wildman–Crippen MR) is 102 cm³/mol. The number of benzene rings is 1. The van der Waals surface area contributed by atoms with Gasteiger partial charge in [0.05, 0.1) is 7.11 Å². The fourth-order valence-corrected chi connectivity index (χ4v) is 3.12. The van der Waals surface area contributed by atoms with Gasteiger partial charge < -0.3 is 15.4 Å². The summed E-state index contributed by atoms with van der Waals surface area (Å²) in [7, 11) is 1.70. The number of methoxy groups -OCH3 is 1. The monoisotopic (exact) mass is 421 g/mol. The molecule has 118 valence electrons. The number of rotatable bonds is 4. The summed E-state index contributed by atoms with van der Waals surface area (Å²) in [5.41, 5.74) is 8.43. The molecule has 1 aromatic rings. The van der Waals surface area contributed by atoms with Crippen molar-refractivity contribution in [2.75, 3.05) is 38.2 Å². The normalized spacial score (nSPS) is 15.5. The molecular weight excluding hydrogens is 397 g/mol. The Balaban J connectivity index is 0.00000220. The van der Waals surface area contributed by atoms with Crippen molar-refractivity contribution < 1.29 is 4.74 Å². The molecule has 2 N–H and O–H groups in total. The van der Waals surface area contributed by atoms with Gasteiger partial charge in [0.1, 0.15) is 5.75 Å². The maximum atomic E-state index is 6.03. The number of aryl methyl sites for hydroxylation is 1. The Labute approximate surface area is 148 Å². The van der Waals surface area contributed by atoms with Crippen LogP contribution in [-0.4, -0.2) is 49.1 Å². The molecule has 0 aliphatic carbocycles. The summed E-state index contributed by atoms with van der Waals surface area (Å²) >= 11 is 1.98. The maximum absolute atomic E-state index is 6.03. The van der Waals surface area contributed by atoms with E-state index in [1.807, 2.05) is 18.7 Å². The highest BCUT2D eigenvalue weighted by Gasteiger charge is 2.11. The first kappa shape index (κ1) is 18.4. The van der Waals surface area contributed by atoms with Gasteiger partial charge >= 0.3 is 0 Å². The van der Waals surface area contributed by atoms with Gasteiger partial charge in [-0.05, 0) is 30.5 Å². The second-order valence-corrected chi connectivity index (χ2v) is 6.12. The van der Waals surface area contributed by atoms with Gasteiger partial charge in [-0.2, -0.15) is 11.8 Å². The zero-order valence-corrected chi connectivity index (χ0v) is 15.8. The maximum Gasteiger partial charge on any atom is 0.191 e. The van der Waals surface area contributed by atoms with Gasteiger partial charge in [0, 0.05) is 31.1 Å². The third kappa shape index (κ3) is 5.58. The van der Waals surface area contributed by atoms with Gasteiger partial charge in [-0.3, -0.25) is 4.99 Å². The predicted octanol–water partition coefficient (Wildman–Crippen LogP) is 2.53. The number of ether oxygens (including phenoxy) is 1. The minimum absolute atomic E-state index is 0. The Morgan fingerprint density at radius 2 is 2.10 bits per heavy atom. The van der Waals surface area contributed by atoms with Crippen molar-refractivity contribution in [2.45, 2.75) is 13.3 Å². The summed E-state index contributed by atoms with van der Waals surface area (Å²) in [4.78, 5) is 6.66. The van der Waals surface area contributed by atoms with E-state index in [4.69, 9.17) is 10.5 Å². The number of hydrogen-bond donors (Lipinski definition) is 1. The van der Waals surface area contributed by atoms with Crippen LogP contribution in [0.25, 0.3) is 0 Å². The second kappa shape index (κ2) is 9.40. The minimum Gasteiger partial charge on any atom is -0.496 e. The molecule has 0 unspecified atom stereocenters. The fourth-order valence-electron chi connectivity index (χ4n) is 2.21. The first-order valence-electron chi connectivity index (χ1n) is 6.97. The Hall–Kier alpha value is -0.630. The summed E-state index contributed by atoms with van der Waals surface area (Å²) in [5.74, 6) is 3.91. The lowest BCUT2D eigenvalue weighted by molar-refractivity contribution is 0.411. The van der Waals surface area contributed by atoms with Crippen LogP contribution in [0.2, 0.25) is 0 Å². The highest BCUT2D eigenvalue weighted by Crippen LogP contribution is 2.19. The van der Waals surface area contributed by atoms with Crippen LogP contribution in [-0.2, 0) is 6.42 Å². The van der Waals surface area contributed by atoms with Crippen LogP contribution in [0.5, 0.6) is 5.75 Å². The van der Waals surface area contributed by atoms with Gasteiger partial charge in [-0.1, -0.05) is 12.1 Å². The molecule has 1 aliphatic rings. The zero-order chi connectivity index (χ0) is 14.4. The van der Waals surface area contributed by atoms with E-state index in [0.717, 1.165) is 48.9 Å². The molecular formula is C15H24IN3OS. The number of nitrogens with zero attached hydrogens (tertiary/aromatic N) is 2. The van der Waals surface area contributed by atoms with E-state index in [2.05, 4.69) is 28.1 Å². The largest absolute Gasteiger partial charge is 0.496 e. The zero-order valence-electron chi connectivity index (χ0n) is 12.7. The number of thioether (sulfide) groups is 1. The van der Waals surface area contributed by atoms with Gasteiger partial charge in [0.25, 0.3) is 0 Å². The van der Waals surface area contributed by atoms with Crippen LogP contribution in [0.15, 0.2) is 23.2 Å². The van der Waals surface area contributed by atoms with Crippen LogP contribution < -0.4 is 10.5 Å². The molecule has 1 heterocycles. The standard InChI is InChI=1S/C15H23N3OS.HI/c1-12-3-4-13(11-14(12)19-2)5-6-17-15(16)18-7-9-20-10-8-18;/h3-4,11H,5-10H2,1-2H3,(H2,16,17);1H. The Kier molecular flexibility index (Phi) is 8.24.